The van der Waals surface area contributed by atoms with Crippen molar-refractivity contribution in [3.05, 3.63) is 40.1 Å². The number of rotatable bonds is 7. The van der Waals surface area contributed by atoms with Crippen molar-refractivity contribution in [2.24, 2.45) is 0 Å². The summed E-state index contributed by atoms with van der Waals surface area (Å²) >= 11 is 1.39. The largest absolute Gasteiger partial charge is 0.454 e. The highest BCUT2D eigenvalue weighted by atomic mass is 32.1. The lowest BCUT2D eigenvalue weighted by atomic mass is 10.2. The van der Waals surface area contributed by atoms with Gasteiger partial charge in [0.2, 0.25) is 6.79 Å². The van der Waals surface area contributed by atoms with Crippen molar-refractivity contribution in [2.75, 3.05) is 12.1 Å². The van der Waals surface area contributed by atoms with Gasteiger partial charge in [-0.1, -0.05) is 0 Å². The van der Waals surface area contributed by atoms with E-state index in [1.54, 1.807) is 24.3 Å². The molecule has 142 valence electrons. The average molecular weight is 389 g/mol. The van der Waals surface area contributed by atoms with E-state index in [-0.39, 0.29) is 25.4 Å². The predicted molar refractivity (Wildman–Crippen MR) is 99.4 cm³/mol. The molecule has 0 fully saturated rings. The van der Waals surface area contributed by atoms with Crippen LogP contribution in [0.15, 0.2) is 30.3 Å². The summed E-state index contributed by atoms with van der Waals surface area (Å²) in [5.74, 6) is -0.0206. The van der Waals surface area contributed by atoms with Gasteiger partial charge in [0.15, 0.2) is 23.4 Å². The number of nitrogens with one attached hydrogen (secondary N) is 1. The van der Waals surface area contributed by atoms with E-state index in [4.69, 9.17) is 14.2 Å². The Morgan fingerprint density at radius 1 is 1.15 bits per heavy atom. The number of anilines is 1. The van der Waals surface area contributed by atoms with Crippen molar-refractivity contribution in [1.82, 2.24) is 0 Å². The van der Waals surface area contributed by atoms with Crippen molar-refractivity contribution < 1.29 is 28.6 Å². The molecule has 0 bridgehead atoms. The highest BCUT2D eigenvalue weighted by molar-refractivity contribution is 7.14. The second-order valence-electron chi connectivity index (χ2n) is 6.02. The number of aryl methyl sites for hydroxylation is 1. The van der Waals surface area contributed by atoms with Crippen LogP contribution in [0.2, 0.25) is 0 Å². The van der Waals surface area contributed by atoms with Gasteiger partial charge >= 0.3 is 5.97 Å². The van der Waals surface area contributed by atoms with Gasteiger partial charge in [-0.15, -0.1) is 11.3 Å². The van der Waals surface area contributed by atoms with Gasteiger partial charge in [0.25, 0.3) is 5.91 Å². The first kappa shape index (κ1) is 18.9. The number of ketones is 1. The van der Waals surface area contributed by atoms with Gasteiger partial charge in [0.1, 0.15) is 0 Å². The fourth-order valence-corrected chi connectivity index (χ4v) is 3.29. The Hall–Kier alpha value is -2.87. The number of thiophene rings is 1. The molecular formula is C19H19NO6S. The van der Waals surface area contributed by atoms with Crippen LogP contribution in [0.1, 0.15) is 34.3 Å². The monoisotopic (exact) mass is 389 g/mol. The molecule has 1 atom stereocenters. The minimum Gasteiger partial charge on any atom is -0.454 e. The topological polar surface area (TPSA) is 90.9 Å². The maximum absolute atomic E-state index is 12.2. The van der Waals surface area contributed by atoms with E-state index in [0.717, 1.165) is 4.88 Å². The number of ether oxygens (including phenoxy) is 3. The highest BCUT2D eigenvalue weighted by Gasteiger charge is 2.20. The molecule has 8 heteroatoms. The van der Waals surface area contributed by atoms with Crippen molar-refractivity contribution in [3.63, 3.8) is 0 Å². The third-order valence-corrected chi connectivity index (χ3v) is 4.93. The van der Waals surface area contributed by atoms with Crippen molar-refractivity contribution in [2.45, 2.75) is 32.8 Å². The smallest absolute Gasteiger partial charge is 0.307 e. The fourth-order valence-electron chi connectivity index (χ4n) is 2.45. The van der Waals surface area contributed by atoms with Crippen LogP contribution in [0.5, 0.6) is 11.5 Å². The number of esters is 1. The summed E-state index contributed by atoms with van der Waals surface area (Å²) < 4.78 is 15.6. The molecule has 27 heavy (non-hydrogen) atoms. The Bertz CT molecular complexity index is 875. The Morgan fingerprint density at radius 2 is 1.93 bits per heavy atom. The van der Waals surface area contributed by atoms with Crippen LogP contribution in [0.4, 0.5) is 5.69 Å². The maximum Gasteiger partial charge on any atom is 0.307 e. The molecule has 0 unspecified atom stereocenters. The molecule has 1 aliphatic rings. The van der Waals surface area contributed by atoms with E-state index in [9.17, 15) is 14.4 Å². The first-order valence-electron chi connectivity index (χ1n) is 8.42. The Morgan fingerprint density at radius 3 is 2.67 bits per heavy atom. The van der Waals surface area contributed by atoms with E-state index >= 15 is 0 Å². The second-order valence-corrected chi connectivity index (χ2v) is 7.31. The first-order chi connectivity index (χ1) is 12.9. The van der Waals surface area contributed by atoms with Crippen molar-refractivity contribution >= 4 is 34.7 Å². The number of carbonyl (C=O) groups excluding carboxylic acids is 3. The molecule has 1 N–H and O–H groups in total. The molecule has 0 spiro atoms. The molecule has 0 saturated carbocycles. The summed E-state index contributed by atoms with van der Waals surface area (Å²) in [6.45, 7) is 3.53. The van der Waals surface area contributed by atoms with Gasteiger partial charge < -0.3 is 19.5 Å². The molecule has 1 amide bonds. The quantitative estimate of drug-likeness (QED) is 0.577. The van der Waals surface area contributed by atoms with Crippen LogP contribution in [-0.2, 0) is 14.3 Å². The number of hydrogen-bond acceptors (Lipinski definition) is 7. The van der Waals surface area contributed by atoms with Gasteiger partial charge in [0.05, 0.1) is 11.3 Å². The van der Waals surface area contributed by atoms with Gasteiger partial charge in [-0.2, -0.15) is 0 Å². The van der Waals surface area contributed by atoms with Crippen LogP contribution >= 0.6 is 11.3 Å². The van der Waals surface area contributed by atoms with Crippen LogP contribution < -0.4 is 14.8 Å². The van der Waals surface area contributed by atoms with E-state index in [1.807, 2.05) is 13.0 Å². The molecular weight excluding hydrogens is 370 g/mol. The first-order valence-corrected chi connectivity index (χ1v) is 9.23. The molecule has 0 saturated heterocycles. The van der Waals surface area contributed by atoms with E-state index in [2.05, 4.69) is 5.32 Å². The van der Waals surface area contributed by atoms with Gasteiger partial charge in [-0.3, -0.25) is 14.4 Å². The van der Waals surface area contributed by atoms with Gasteiger partial charge in [-0.25, -0.2) is 0 Å². The van der Waals surface area contributed by atoms with Crippen molar-refractivity contribution in [3.8, 4) is 11.5 Å². The molecule has 2 heterocycles. The molecule has 7 nitrogen and oxygen atoms in total. The zero-order valence-electron chi connectivity index (χ0n) is 14.9. The summed E-state index contributed by atoms with van der Waals surface area (Å²) in [5.41, 5.74) is 0.510. The van der Waals surface area contributed by atoms with Crippen LogP contribution in [0.3, 0.4) is 0 Å². The molecule has 3 rings (SSSR count). The minimum atomic E-state index is -0.984. The molecule has 1 aromatic carbocycles. The number of amides is 1. The zero-order chi connectivity index (χ0) is 19.4. The summed E-state index contributed by atoms with van der Waals surface area (Å²) in [7, 11) is 0. The predicted octanol–water partition coefficient (Wildman–Crippen LogP) is 3.32. The standard InChI is InChI=1S/C19H19NO6S/c1-11-3-7-17(27-11)14(21)5-8-18(22)26-12(2)19(23)20-13-4-6-15-16(9-13)25-10-24-15/h3-4,6-7,9,12H,5,8,10H2,1-2H3,(H,20,23)/t12-/m1/s1. The lowest BCUT2D eigenvalue weighted by molar-refractivity contribution is -0.153. The summed E-state index contributed by atoms with van der Waals surface area (Å²) in [5, 5.41) is 2.65. The summed E-state index contributed by atoms with van der Waals surface area (Å²) in [4.78, 5) is 37.8. The van der Waals surface area contributed by atoms with Crippen LogP contribution in [0, 0.1) is 6.92 Å². The summed E-state index contributed by atoms with van der Waals surface area (Å²) in [6.07, 6.45) is -1.01. The third kappa shape index (κ3) is 4.85. The molecule has 2 aromatic rings. The molecule has 1 aliphatic heterocycles. The van der Waals surface area contributed by atoms with Gasteiger partial charge in [0, 0.05) is 23.1 Å². The Kier molecular flexibility index (Phi) is 5.75. The average Bonchev–Trinajstić information content (AvgIpc) is 3.27. The number of fused-ring (bicyclic) bond motifs is 1. The van der Waals surface area contributed by atoms with Gasteiger partial charge in [-0.05, 0) is 38.1 Å². The molecule has 0 aliphatic carbocycles. The number of benzene rings is 1. The minimum absolute atomic E-state index is 0.0509. The SMILES string of the molecule is Cc1ccc(C(=O)CCC(=O)O[C@H](C)C(=O)Nc2ccc3c(c2)OCO3)s1. The normalized spacial score (nSPS) is 13.1. The molecule has 1 aromatic heterocycles. The maximum atomic E-state index is 12.2. The number of Topliss-reactive ketones (excluding diaryl/α,β-unsaturated/α-hetero) is 1. The number of hydrogen-bond donors (Lipinski definition) is 1. The van der Waals surface area contributed by atoms with Crippen molar-refractivity contribution in [1.29, 1.82) is 0 Å². The van der Waals surface area contributed by atoms with E-state index < -0.39 is 18.0 Å². The van der Waals surface area contributed by atoms with E-state index in [0.29, 0.717) is 22.1 Å². The van der Waals surface area contributed by atoms with Crippen LogP contribution in [0.25, 0.3) is 0 Å². The molecule has 0 radical (unpaired) electrons. The fraction of sp³-hybridized carbons (Fsp3) is 0.316. The third-order valence-electron chi connectivity index (χ3n) is 3.89. The zero-order valence-corrected chi connectivity index (χ0v) is 15.8. The Labute approximate surface area is 160 Å². The lowest BCUT2D eigenvalue weighted by Crippen LogP contribution is -2.30. The second kappa shape index (κ2) is 8.22. The summed E-state index contributed by atoms with van der Waals surface area (Å²) in [6, 6.07) is 8.60. The Balaban J connectivity index is 1.46. The van der Waals surface area contributed by atoms with E-state index in [1.165, 1.54) is 18.3 Å². The highest BCUT2D eigenvalue weighted by Crippen LogP contribution is 2.34. The number of carbonyl (C=O) groups is 3. The lowest BCUT2D eigenvalue weighted by Gasteiger charge is -2.13. The van der Waals surface area contributed by atoms with Crippen LogP contribution in [-0.4, -0.2) is 30.6 Å².